The summed E-state index contributed by atoms with van der Waals surface area (Å²) < 4.78 is 4.80. The van der Waals surface area contributed by atoms with E-state index in [1.54, 1.807) is 13.8 Å². The lowest BCUT2D eigenvalue weighted by Crippen LogP contribution is -2.29. The normalized spacial score (nSPS) is 11.7. The van der Waals surface area contributed by atoms with Gasteiger partial charge in [-0.25, -0.2) is 0 Å². The van der Waals surface area contributed by atoms with Gasteiger partial charge < -0.3 is 4.74 Å². The van der Waals surface area contributed by atoms with Crippen molar-refractivity contribution in [1.82, 2.24) is 0 Å². The van der Waals surface area contributed by atoms with E-state index < -0.39 is 4.32 Å². The van der Waals surface area contributed by atoms with Gasteiger partial charge in [-0.2, -0.15) is 0 Å². The van der Waals surface area contributed by atoms with Crippen molar-refractivity contribution >= 4 is 21.9 Å². The molecular weight excluding hydrogens is 280 g/mol. The maximum atomic E-state index is 11.9. The van der Waals surface area contributed by atoms with Crippen LogP contribution in [0, 0.1) is 6.92 Å². The van der Waals surface area contributed by atoms with Crippen LogP contribution in [-0.4, -0.2) is 10.3 Å². The van der Waals surface area contributed by atoms with Crippen molar-refractivity contribution in [2.45, 2.75) is 44.9 Å². The van der Waals surface area contributed by atoms with Gasteiger partial charge in [-0.05, 0) is 43.9 Å². The SMILES string of the molecule is Cc1ccc(C(C)C)c(OC(=O)C(C)(C)Br)c1. The van der Waals surface area contributed by atoms with Gasteiger partial charge in [0.05, 0.1) is 0 Å². The summed E-state index contributed by atoms with van der Waals surface area (Å²) in [5.41, 5.74) is 2.14. The molecule has 0 N–H and O–H groups in total. The number of carbonyl (C=O) groups is 1. The average Bonchev–Trinajstić information content (AvgIpc) is 2.15. The topological polar surface area (TPSA) is 26.3 Å². The van der Waals surface area contributed by atoms with Gasteiger partial charge in [0, 0.05) is 0 Å². The van der Waals surface area contributed by atoms with Crippen LogP contribution in [0.2, 0.25) is 0 Å². The summed E-state index contributed by atoms with van der Waals surface area (Å²) in [6, 6.07) is 5.96. The predicted octanol–water partition coefficient (Wildman–Crippen LogP) is 4.20. The largest absolute Gasteiger partial charge is 0.425 e. The van der Waals surface area contributed by atoms with Crippen molar-refractivity contribution in [3.05, 3.63) is 29.3 Å². The number of alkyl halides is 1. The van der Waals surface area contributed by atoms with Gasteiger partial charge in [0.15, 0.2) is 0 Å². The van der Waals surface area contributed by atoms with E-state index in [0.29, 0.717) is 11.7 Å². The monoisotopic (exact) mass is 298 g/mol. The van der Waals surface area contributed by atoms with E-state index in [2.05, 4.69) is 29.8 Å². The van der Waals surface area contributed by atoms with Gasteiger partial charge in [0.2, 0.25) is 0 Å². The van der Waals surface area contributed by atoms with E-state index in [4.69, 9.17) is 4.74 Å². The molecule has 0 unspecified atom stereocenters. The molecule has 0 radical (unpaired) electrons. The number of carbonyl (C=O) groups excluding carboxylic acids is 1. The Balaban J connectivity index is 3.05. The molecule has 1 rings (SSSR count). The van der Waals surface area contributed by atoms with E-state index >= 15 is 0 Å². The molecule has 0 atom stereocenters. The fourth-order valence-electron chi connectivity index (χ4n) is 1.43. The van der Waals surface area contributed by atoms with Crippen LogP contribution in [0.25, 0.3) is 0 Å². The molecule has 0 saturated carbocycles. The Morgan fingerprint density at radius 2 is 1.94 bits per heavy atom. The van der Waals surface area contributed by atoms with Crippen LogP contribution in [0.4, 0.5) is 0 Å². The Kier molecular flexibility index (Phi) is 4.36. The fourth-order valence-corrected chi connectivity index (χ4v) is 1.51. The Bertz CT molecular complexity index is 417. The van der Waals surface area contributed by atoms with Crippen LogP contribution in [0.3, 0.4) is 0 Å². The van der Waals surface area contributed by atoms with Crippen LogP contribution in [0.15, 0.2) is 18.2 Å². The standard InChI is InChI=1S/C14H19BrO2/c1-9(2)11-7-6-10(3)8-12(11)17-13(16)14(4,5)15/h6-9H,1-5H3. The number of aryl methyl sites for hydroxylation is 1. The Labute approximate surface area is 111 Å². The highest BCUT2D eigenvalue weighted by Gasteiger charge is 2.27. The Morgan fingerprint density at radius 1 is 1.35 bits per heavy atom. The number of halogens is 1. The molecule has 0 heterocycles. The van der Waals surface area contributed by atoms with Crippen molar-refractivity contribution in [2.75, 3.05) is 0 Å². The zero-order valence-electron chi connectivity index (χ0n) is 11.0. The zero-order valence-corrected chi connectivity index (χ0v) is 12.6. The first kappa shape index (κ1) is 14.2. The van der Waals surface area contributed by atoms with Crippen LogP contribution in [0.1, 0.15) is 44.7 Å². The van der Waals surface area contributed by atoms with Crippen LogP contribution >= 0.6 is 15.9 Å². The van der Waals surface area contributed by atoms with E-state index in [-0.39, 0.29) is 5.97 Å². The van der Waals surface area contributed by atoms with Crippen molar-refractivity contribution in [3.63, 3.8) is 0 Å². The molecule has 0 aromatic heterocycles. The zero-order chi connectivity index (χ0) is 13.2. The molecule has 0 aliphatic carbocycles. The molecule has 3 heteroatoms. The summed E-state index contributed by atoms with van der Waals surface area (Å²) in [4.78, 5) is 11.9. The van der Waals surface area contributed by atoms with Gasteiger partial charge in [-0.1, -0.05) is 41.9 Å². The summed E-state index contributed by atoms with van der Waals surface area (Å²) in [5.74, 6) is 0.722. The van der Waals surface area contributed by atoms with E-state index in [0.717, 1.165) is 11.1 Å². The minimum atomic E-state index is -0.662. The first-order valence-corrected chi connectivity index (χ1v) is 6.53. The van der Waals surface area contributed by atoms with Crippen molar-refractivity contribution in [3.8, 4) is 5.75 Å². The third-order valence-corrected chi connectivity index (χ3v) is 2.80. The molecule has 0 bridgehead atoms. The van der Waals surface area contributed by atoms with Crippen molar-refractivity contribution < 1.29 is 9.53 Å². The lowest BCUT2D eigenvalue weighted by molar-refractivity contribution is -0.136. The molecule has 0 aliphatic rings. The highest BCUT2D eigenvalue weighted by molar-refractivity contribution is 9.10. The molecule has 0 spiro atoms. The number of esters is 1. The summed E-state index contributed by atoms with van der Waals surface area (Å²) in [6.07, 6.45) is 0. The highest BCUT2D eigenvalue weighted by Crippen LogP contribution is 2.29. The second-order valence-corrected chi connectivity index (χ2v) is 7.04. The van der Waals surface area contributed by atoms with E-state index in [9.17, 15) is 4.79 Å². The number of rotatable bonds is 3. The minimum absolute atomic E-state index is 0.273. The van der Waals surface area contributed by atoms with Crippen molar-refractivity contribution in [2.24, 2.45) is 0 Å². The molecule has 0 amide bonds. The fraction of sp³-hybridized carbons (Fsp3) is 0.500. The summed E-state index contributed by atoms with van der Waals surface area (Å²) in [6.45, 7) is 9.71. The maximum Gasteiger partial charge on any atom is 0.327 e. The van der Waals surface area contributed by atoms with Gasteiger partial charge in [-0.15, -0.1) is 0 Å². The molecule has 1 aromatic rings. The van der Waals surface area contributed by atoms with E-state index in [1.165, 1.54) is 0 Å². The molecule has 94 valence electrons. The van der Waals surface area contributed by atoms with Crippen LogP contribution in [0.5, 0.6) is 5.75 Å². The number of hydrogen-bond acceptors (Lipinski definition) is 2. The van der Waals surface area contributed by atoms with Gasteiger partial charge in [-0.3, -0.25) is 4.79 Å². The first-order valence-electron chi connectivity index (χ1n) is 5.73. The van der Waals surface area contributed by atoms with Gasteiger partial charge in [0.1, 0.15) is 10.1 Å². The number of benzene rings is 1. The van der Waals surface area contributed by atoms with Crippen LogP contribution in [-0.2, 0) is 4.79 Å². The number of ether oxygens (including phenoxy) is 1. The highest BCUT2D eigenvalue weighted by atomic mass is 79.9. The first-order chi connectivity index (χ1) is 7.71. The van der Waals surface area contributed by atoms with Gasteiger partial charge >= 0.3 is 5.97 Å². The molecular formula is C14H19BrO2. The Hall–Kier alpha value is -0.830. The molecule has 0 aliphatic heterocycles. The average molecular weight is 299 g/mol. The third kappa shape index (κ3) is 3.84. The predicted molar refractivity (Wildman–Crippen MR) is 73.9 cm³/mol. The van der Waals surface area contributed by atoms with Crippen molar-refractivity contribution in [1.29, 1.82) is 0 Å². The lowest BCUT2D eigenvalue weighted by atomic mass is 10.0. The molecule has 0 fully saturated rings. The third-order valence-electron chi connectivity index (χ3n) is 2.48. The smallest absolute Gasteiger partial charge is 0.327 e. The maximum absolute atomic E-state index is 11.9. The molecule has 0 saturated heterocycles. The van der Waals surface area contributed by atoms with Crippen LogP contribution < -0.4 is 4.74 Å². The quantitative estimate of drug-likeness (QED) is 0.475. The second-order valence-electron chi connectivity index (χ2n) is 5.06. The Morgan fingerprint density at radius 3 is 2.41 bits per heavy atom. The molecule has 2 nitrogen and oxygen atoms in total. The summed E-state index contributed by atoms with van der Waals surface area (Å²) >= 11 is 3.31. The minimum Gasteiger partial charge on any atom is -0.425 e. The van der Waals surface area contributed by atoms with Gasteiger partial charge in [0.25, 0.3) is 0 Å². The number of hydrogen-bond donors (Lipinski definition) is 0. The van der Waals surface area contributed by atoms with E-state index in [1.807, 2.05) is 25.1 Å². The molecule has 17 heavy (non-hydrogen) atoms. The molecule has 1 aromatic carbocycles. The second kappa shape index (κ2) is 5.21. The lowest BCUT2D eigenvalue weighted by Gasteiger charge is -2.18. The summed E-state index contributed by atoms with van der Waals surface area (Å²) in [7, 11) is 0. The summed E-state index contributed by atoms with van der Waals surface area (Å²) in [5, 5.41) is 0.